The van der Waals surface area contributed by atoms with Crippen LogP contribution in [0.3, 0.4) is 0 Å². The van der Waals surface area contributed by atoms with E-state index in [9.17, 15) is 13.2 Å². The SMILES string of the molecule is CSCCC(NS(=O)(=O)c1ccc(C)cc1)C(=O)Nc1ccc(Oc2ccncc2)cc1. The first-order chi connectivity index (χ1) is 15.4. The smallest absolute Gasteiger partial charge is 0.242 e. The molecule has 0 aliphatic heterocycles. The topological polar surface area (TPSA) is 97.4 Å². The highest BCUT2D eigenvalue weighted by Gasteiger charge is 2.25. The van der Waals surface area contributed by atoms with Gasteiger partial charge in [-0.25, -0.2) is 8.42 Å². The van der Waals surface area contributed by atoms with E-state index in [1.165, 1.54) is 12.1 Å². The zero-order valence-electron chi connectivity index (χ0n) is 17.8. The van der Waals surface area contributed by atoms with Crippen LogP contribution < -0.4 is 14.8 Å². The molecular formula is C23H25N3O4S2. The Bertz CT molecular complexity index is 1120. The van der Waals surface area contributed by atoms with Crippen LogP contribution in [-0.4, -0.2) is 37.4 Å². The number of thioether (sulfide) groups is 1. The van der Waals surface area contributed by atoms with E-state index in [2.05, 4.69) is 15.0 Å². The molecule has 3 aromatic rings. The lowest BCUT2D eigenvalue weighted by atomic mass is 10.2. The van der Waals surface area contributed by atoms with E-state index in [-0.39, 0.29) is 4.90 Å². The first kappa shape index (κ1) is 23.8. The fraction of sp³-hybridized carbons (Fsp3) is 0.217. The number of ether oxygens (including phenoxy) is 1. The van der Waals surface area contributed by atoms with Gasteiger partial charge in [0.15, 0.2) is 0 Å². The van der Waals surface area contributed by atoms with Crippen LogP contribution >= 0.6 is 11.8 Å². The summed E-state index contributed by atoms with van der Waals surface area (Å²) >= 11 is 1.54. The number of aromatic nitrogens is 1. The Hall–Kier alpha value is -2.88. The van der Waals surface area contributed by atoms with Crippen LogP contribution in [0.1, 0.15) is 12.0 Å². The van der Waals surface area contributed by atoms with Gasteiger partial charge in [-0.15, -0.1) is 0 Å². The summed E-state index contributed by atoms with van der Waals surface area (Å²) in [5.41, 5.74) is 1.50. The highest BCUT2D eigenvalue weighted by Crippen LogP contribution is 2.22. The molecule has 1 unspecified atom stereocenters. The van der Waals surface area contributed by atoms with Gasteiger partial charge in [0, 0.05) is 18.1 Å². The number of nitrogens with zero attached hydrogens (tertiary/aromatic N) is 1. The maximum absolute atomic E-state index is 12.9. The van der Waals surface area contributed by atoms with E-state index in [1.807, 2.05) is 13.2 Å². The summed E-state index contributed by atoms with van der Waals surface area (Å²) in [6.07, 6.45) is 5.54. The zero-order chi connectivity index (χ0) is 23.0. The Kier molecular flexibility index (Phi) is 8.26. The summed E-state index contributed by atoms with van der Waals surface area (Å²) in [7, 11) is -3.83. The lowest BCUT2D eigenvalue weighted by Crippen LogP contribution is -2.44. The van der Waals surface area contributed by atoms with Crippen molar-refractivity contribution >= 4 is 33.4 Å². The Labute approximate surface area is 192 Å². The van der Waals surface area contributed by atoms with Gasteiger partial charge in [-0.2, -0.15) is 16.5 Å². The molecule has 1 atom stereocenters. The molecule has 0 bridgehead atoms. The van der Waals surface area contributed by atoms with E-state index >= 15 is 0 Å². The number of rotatable bonds is 10. The van der Waals surface area contributed by atoms with Crippen LogP contribution in [0.25, 0.3) is 0 Å². The number of hydrogen-bond donors (Lipinski definition) is 2. The predicted octanol–water partition coefficient (Wildman–Crippen LogP) is 4.22. The molecule has 0 fully saturated rings. The molecule has 2 aromatic carbocycles. The summed E-state index contributed by atoms with van der Waals surface area (Å²) in [5, 5.41) is 2.78. The lowest BCUT2D eigenvalue weighted by molar-refractivity contribution is -0.117. The first-order valence-corrected chi connectivity index (χ1v) is 12.8. The van der Waals surface area contributed by atoms with Gasteiger partial charge in [-0.3, -0.25) is 9.78 Å². The fourth-order valence-corrected chi connectivity index (χ4v) is 4.53. The second kappa shape index (κ2) is 11.1. The van der Waals surface area contributed by atoms with Crippen LogP contribution in [0.15, 0.2) is 78.0 Å². The molecule has 1 amide bonds. The Balaban J connectivity index is 1.68. The summed E-state index contributed by atoms with van der Waals surface area (Å²) in [6.45, 7) is 1.88. The molecule has 0 saturated heterocycles. The Morgan fingerprint density at radius 3 is 2.25 bits per heavy atom. The van der Waals surface area contributed by atoms with E-state index in [0.29, 0.717) is 29.4 Å². The first-order valence-electron chi connectivity index (χ1n) is 9.94. The van der Waals surface area contributed by atoms with Crippen LogP contribution in [0.4, 0.5) is 5.69 Å². The average molecular weight is 472 g/mol. The third-order valence-corrected chi connectivity index (χ3v) is 6.69. The standard InChI is InChI=1S/C23H25N3O4S2/c1-17-3-9-21(10-4-17)32(28,29)26-22(13-16-31-2)23(27)25-18-5-7-19(8-6-18)30-20-11-14-24-15-12-20/h3-12,14-15,22,26H,13,16H2,1-2H3,(H,25,27). The number of benzene rings is 2. The molecule has 1 heterocycles. The van der Waals surface area contributed by atoms with Gasteiger partial charge in [0.05, 0.1) is 4.90 Å². The second-order valence-electron chi connectivity index (χ2n) is 7.07. The summed E-state index contributed by atoms with van der Waals surface area (Å²) in [5.74, 6) is 1.47. The summed E-state index contributed by atoms with van der Waals surface area (Å²) in [6, 6.07) is 15.9. The number of carbonyl (C=O) groups is 1. The minimum absolute atomic E-state index is 0.127. The van der Waals surface area contributed by atoms with Gasteiger partial charge < -0.3 is 10.1 Å². The highest BCUT2D eigenvalue weighted by molar-refractivity contribution is 7.98. The van der Waals surface area contributed by atoms with Crippen LogP contribution in [0.5, 0.6) is 11.5 Å². The predicted molar refractivity (Wildman–Crippen MR) is 128 cm³/mol. The van der Waals surface area contributed by atoms with Crippen LogP contribution in [0.2, 0.25) is 0 Å². The minimum Gasteiger partial charge on any atom is -0.457 e. The van der Waals surface area contributed by atoms with E-state index in [1.54, 1.807) is 72.7 Å². The number of sulfonamides is 1. The van der Waals surface area contributed by atoms with E-state index in [0.717, 1.165) is 5.56 Å². The molecule has 3 rings (SSSR count). The van der Waals surface area contributed by atoms with Crippen molar-refractivity contribution in [1.29, 1.82) is 0 Å². The molecule has 0 radical (unpaired) electrons. The van der Waals surface area contributed by atoms with Gasteiger partial charge in [-0.05, 0) is 73.9 Å². The van der Waals surface area contributed by atoms with Crippen molar-refractivity contribution in [2.75, 3.05) is 17.3 Å². The number of anilines is 1. The average Bonchev–Trinajstić information content (AvgIpc) is 2.79. The number of aryl methyl sites for hydroxylation is 1. The molecule has 9 heteroatoms. The summed E-state index contributed by atoms with van der Waals surface area (Å²) in [4.78, 5) is 16.9. The fourth-order valence-electron chi connectivity index (χ4n) is 2.83. The van der Waals surface area contributed by atoms with Crippen LogP contribution in [0, 0.1) is 6.92 Å². The molecule has 0 aliphatic carbocycles. The lowest BCUT2D eigenvalue weighted by Gasteiger charge is -2.18. The Morgan fingerprint density at radius 1 is 1.00 bits per heavy atom. The largest absolute Gasteiger partial charge is 0.457 e. The molecule has 168 valence electrons. The molecule has 0 aliphatic rings. The molecule has 1 aromatic heterocycles. The number of amides is 1. The normalized spacial score (nSPS) is 12.2. The van der Waals surface area contributed by atoms with Gasteiger partial charge in [0.25, 0.3) is 0 Å². The van der Waals surface area contributed by atoms with Gasteiger partial charge in [0.1, 0.15) is 17.5 Å². The minimum atomic E-state index is -3.83. The van der Waals surface area contributed by atoms with E-state index < -0.39 is 22.0 Å². The molecule has 32 heavy (non-hydrogen) atoms. The number of pyridine rings is 1. The maximum Gasteiger partial charge on any atom is 0.242 e. The number of nitrogens with one attached hydrogen (secondary N) is 2. The van der Waals surface area contributed by atoms with Gasteiger partial charge in [-0.1, -0.05) is 17.7 Å². The van der Waals surface area contributed by atoms with Gasteiger partial charge >= 0.3 is 0 Å². The third kappa shape index (κ3) is 6.81. The molecule has 7 nitrogen and oxygen atoms in total. The number of carbonyl (C=O) groups excluding carboxylic acids is 1. The zero-order valence-corrected chi connectivity index (χ0v) is 19.4. The third-order valence-electron chi connectivity index (χ3n) is 4.56. The molecule has 2 N–H and O–H groups in total. The summed E-state index contributed by atoms with van der Waals surface area (Å²) < 4.78 is 33.8. The Morgan fingerprint density at radius 2 is 1.62 bits per heavy atom. The molecule has 0 spiro atoms. The highest BCUT2D eigenvalue weighted by atomic mass is 32.2. The number of hydrogen-bond acceptors (Lipinski definition) is 6. The van der Waals surface area contributed by atoms with Crippen molar-refractivity contribution in [3.8, 4) is 11.5 Å². The van der Waals surface area contributed by atoms with E-state index in [4.69, 9.17) is 4.74 Å². The van der Waals surface area contributed by atoms with Crippen molar-refractivity contribution in [3.05, 3.63) is 78.6 Å². The van der Waals surface area contributed by atoms with Crippen molar-refractivity contribution in [2.24, 2.45) is 0 Å². The van der Waals surface area contributed by atoms with Crippen molar-refractivity contribution in [2.45, 2.75) is 24.3 Å². The van der Waals surface area contributed by atoms with Gasteiger partial charge in [0.2, 0.25) is 15.9 Å². The van der Waals surface area contributed by atoms with Crippen molar-refractivity contribution in [1.82, 2.24) is 9.71 Å². The quantitative estimate of drug-likeness (QED) is 0.459. The van der Waals surface area contributed by atoms with Crippen LogP contribution in [-0.2, 0) is 14.8 Å². The maximum atomic E-state index is 12.9. The van der Waals surface area contributed by atoms with Crippen molar-refractivity contribution in [3.63, 3.8) is 0 Å². The molecular weight excluding hydrogens is 446 g/mol. The van der Waals surface area contributed by atoms with Crippen molar-refractivity contribution < 1.29 is 17.9 Å². The monoisotopic (exact) mass is 471 g/mol. The second-order valence-corrected chi connectivity index (χ2v) is 9.77. The molecule has 0 saturated carbocycles.